The van der Waals surface area contributed by atoms with E-state index < -0.39 is 5.62 Å². The van der Waals surface area contributed by atoms with Crippen LogP contribution in [0.15, 0.2) is 17.3 Å². The first kappa shape index (κ1) is 16.2. The zero-order valence-electron chi connectivity index (χ0n) is 10.3. The summed E-state index contributed by atoms with van der Waals surface area (Å²) in [7, 11) is 0. The molecule has 1 unspecified atom stereocenters. The van der Waals surface area contributed by atoms with E-state index in [4.69, 9.17) is 16.3 Å². The van der Waals surface area contributed by atoms with Crippen molar-refractivity contribution in [2.75, 3.05) is 12.4 Å². The Hall–Kier alpha value is 0.170. The van der Waals surface area contributed by atoms with E-state index in [0.717, 1.165) is 5.75 Å². The second-order valence-corrected chi connectivity index (χ2v) is 10.2. The molecule has 0 fully saturated rings. The van der Waals surface area contributed by atoms with Crippen molar-refractivity contribution in [3.8, 4) is 0 Å². The third-order valence-electron chi connectivity index (χ3n) is 1.40. The number of aliphatic imine (C=N–C) groups is 1. The molecule has 0 aromatic heterocycles. The maximum Gasteiger partial charge on any atom is 0.211 e. The van der Waals surface area contributed by atoms with Crippen LogP contribution >= 0.6 is 17.0 Å². The molecule has 0 amide bonds. The maximum atomic E-state index is 5.62. The third-order valence-corrected chi connectivity index (χ3v) is 7.27. The lowest BCUT2D eigenvalue weighted by Crippen LogP contribution is -2.09. The van der Waals surface area contributed by atoms with Crippen LogP contribution in [0.4, 0.5) is 0 Å². The number of hydrogen-bond acceptors (Lipinski definition) is 4. The summed E-state index contributed by atoms with van der Waals surface area (Å²) in [5.74, 6) is 1.61. The summed E-state index contributed by atoms with van der Waals surface area (Å²) in [6, 6.07) is 0. The summed E-state index contributed by atoms with van der Waals surface area (Å²) in [5, 5.41) is 3.11. The topological polar surface area (TPSA) is 33.6 Å². The lowest BCUT2D eigenvalue weighted by Gasteiger charge is -2.21. The largest absolute Gasteiger partial charge is 0.327 e. The van der Waals surface area contributed by atoms with Gasteiger partial charge < -0.3 is 9.61 Å². The zero-order valence-corrected chi connectivity index (χ0v) is 12.9. The van der Waals surface area contributed by atoms with Gasteiger partial charge in [0.1, 0.15) is 0 Å². The van der Waals surface area contributed by atoms with Crippen molar-refractivity contribution < 1.29 is 4.52 Å². The van der Waals surface area contributed by atoms with Crippen LogP contribution in [0.3, 0.4) is 0 Å². The van der Waals surface area contributed by atoms with Crippen molar-refractivity contribution in [2.24, 2.45) is 10.9 Å². The van der Waals surface area contributed by atoms with Crippen LogP contribution in [0.25, 0.3) is 0 Å². The Bertz CT molecular complexity index is 280. The highest BCUT2D eigenvalue weighted by atomic mass is 32.9. The molecule has 0 aromatic carbocycles. The van der Waals surface area contributed by atoms with Crippen molar-refractivity contribution in [1.82, 2.24) is 5.09 Å². The van der Waals surface area contributed by atoms with Crippen LogP contribution in [0.1, 0.15) is 27.7 Å². The number of allylic oxidation sites excluding steroid dienone is 1. The lowest BCUT2D eigenvalue weighted by atomic mass is 10.3. The third kappa shape index (κ3) is 8.34. The molecule has 0 aliphatic rings. The highest BCUT2D eigenvalue weighted by Crippen LogP contribution is 2.56. The summed E-state index contributed by atoms with van der Waals surface area (Å²) in [6.45, 7) is 8.86. The zero-order chi connectivity index (χ0) is 12.4. The molecule has 3 nitrogen and oxygen atoms in total. The lowest BCUT2D eigenvalue weighted by molar-refractivity contribution is 0.383. The molecule has 0 rings (SSSR count). The molecule has 0 saturated heterocycles. The van der Waals surface area contributed by atoms with Crippen molar-refractivity contribution in [3.05, 3.63) is 12.3 Å². The normalized spacial score (nSPS) is 16.1. The van der Waals surface area contributed by atoms with Gasteiger partial charge in [-0.15, -0.1) is 0 Å². The van der Waals surface area contributed by atoms with E-state index in [1.165, 1.54) is 0 Å². The highest BCUT2D eigenvalue weighted by molar-refractivity contribution is 8.68. The molecule has 0 aromatic rings. The molecular weight excluding hydrogens is 259 g/mol. The van der Waals surface area contributed by atoms with Crippen LogP contribution in [0, 0.1) is 5.92 Å². The van der Waals surface area contributed by atoms with Crippen molar-refractivity contribution in [1.29, 1.82) is 0 Å². The van der Waals surface area contributed by atoms with E-state index in [-0.39, 0.29) is 0 Å². The van der Waals surface area contributed by atoms with Gasteiger partial charge in [-0.05, 0) is 31.6 Å². The van der Waals surface area contributed by atoms with Crippen LogP contribution in [-0.4, -0.2) is 18.7 Å². The molecule has 0 aliphatic heterocycles. The Morgan fingerprint density at radius 2 is 2.25 bits per heavy atom. The van der Waals surface area contributed by atoms with Gasteiger partial charge in [0.05, 0.1) is 12.9 Å². The first-order valence-corrected chi connectivity index (χ1v) is 9.65. The first-order chi connectivity index (χ1) is 7.54. The minimum absolute atomic E-state index is 0.613. The van der Waals surface area contributed by atoms with Gasteiger partial charge in [-0.2, -0.15) is 0 Å². The second-order valence-electron chi connectivity index (χ2n) is 3.49. The molecule has 1 N–H and O–H groups in total. The van der Waals surface area contributed by atoms with Crippen LogP contribution in [0.2, 0.25) is 0 Å². The standard InChI is InChI=1S/C10H21N2OPS2/c1-5-7-11-9-12-14(15,13-6-2)16-8-10(3)4/h5,7,9-10H,6,8H2,1-4H3,(H,11,12,15). The SMILES string of the molecule is CC=CN=CNP(=S)(OCC)SCC(C)C. The minimum Gasteiger partial charge on any atom is -0.327 e. The van der Waals surface area contributed by atoms with E-state index >= 15 is 0 Å². The fourth-order valence-corrected chi connectivity index (χ4v) is 5.42. The molecule has 0 heterocycles. The van der Waals surface area contributed by atoms with E-state index in [0.29, 0.717) is 12.5 Å². The molecule has 6 heteroatoms. The van der Waals surface area contributed by atoms with Gasteiger partial charge in [0, 0.05) is 12.0 Å². The van der Waals surface area contributed by atoms with E-state index in [1.54, 1.807) is 23.9 Å². The van der Waals surface area contributed by atoms with E-state index in [2.05, 4.69) is 23.9 Å². The average molecular weight is 280 g/mol. The minimum atomic E-state index is -2.00. The van der Waals surface area contributed by atoms with Gasteiger partial charge >= 0.3 is 0 Å². The van der Waals surface area contributed by atoms with Gasteiger partial charge in [-0.3, -0.25) is 0 Å². The number of nitrogens with one attached hydrogen (secondary N) is 1. The average Bonchev–Trinajstić information content (AvgIpc) is 2.22. The van der Waals surface area contributed by atoms with E-state index in [1.807, 2.05) is 19.9 Å². The maximum absolute atomic E-state index is 5.62. The summed E-state index contributed by atoms with van der Waals surface area (Å²) in [5.41, 5.74) is -2.00. The highest BCUT2D eigenvalue weighted by Gasteiger charge is 2.16. The summed E-state index contributed by atoms with van der Waals surface area (Å²) in [4.78, 5) is 4.04. The number of hydrogen-bond donors (Lipinski definition) is 1. The molecule has 0 aliphatic carbocycles. The van der Waals surface area contributed by atoms with Gasteiger partial charge in [0.25, 0.3) is 0 Å². The number of rotatable bonds is 8. The Morgan fingerprint density at radius 3 is 2.75 bits per heavy atom. The van der Waals surface area contributed by atoms with Crippen molar-refractivity contribution in [2.45, 2.75) is 27.7 Å². The monoisotopic (exact) mass is 280 g/mol. The molecule has 0 bridgehead atoms. The predicted molar refractivity (Wildman–Crippen MR) is 79.6 cm³/mol. The first-order valence-electron chi connectivity index (χ1n) is 5.33. The Kier molecular flexibility index (Phi) is 9.32. The van der Waals surface area contributed by atoms with Gasteiger partial charge in [-0.1, -0.05) is 31.3 Å². The second kappa shape index (κ2) is 9.23. The molecule has 94 valence electrons. The quantitative estimate of drug-likeness (QED) is 0.417. The molecule has 1 atom stereocenters. The fraction of sp³-hybridized carbons (Fsp3) is 0.700. The van der Waals surface area contributed by atoms with Crippen molar-refractivity contribution >= 4 is 35.1 Å². The molecule has 0 radical (unpaired) electrons. The van der Waals surface area contributed by atoms with Crippen molar-refractivity contribution in [3.63, 3.8) is 0 Å². The van der Waals surface area contributed by atoms with Crippen LogP contribution in [0.5, 0.6) is 0 Å². The van der Waals surface area contributed by atoms with Gasteiger partial charge in [0.15, 0.2) is 0 Å². The number of nitrogens with zero attached hydrogens (tertiary/aromatic N) is 1. The Balaban J connectivity index is 4.26. The molecular formula is C10H21N2OPS2. The summed E-state index contributed by atoms with van der Waals surface area (Å²) >= 11 is 7.19. The Labute approximate surface area is 108 Å². The van der Waals surface area contributed by atoms with Crippen LogP contribution < -0.4 is 5.09 Å². The summed E-state index contributed by atoms with van der Waals surface area (Å²) < 4.78 is 5.62. The summed E-state index contributed by atoms with van der Waals surface area (Å²) in [6.07, 6.45) is 5.21. The predicted octanol–water partition coefficient (Wildman–Crippen LogP) is 3.79. The van der Waals surface area contributed by atoms with E-state index in [9.17, 15) is 0 Å². The molecule has 0 saturated carbocycles. The fourth-order valence-electron chi connectivity index (χ4n) is 0.762. The Morgan fingerprint density at radius 1 is 1.56 bits per heavy atom. The molecule has 16 heavy (non-hydrogen) atoms. The van der Waals surface area contributed by atoms with Crippen LogP contribution in [-0.2, 0) is 16.3 Å². The van der Waals surface area contributed by atoms with Gasteiger partial charge in [0.2, 0.25) is 5.62 Å². The smallest absolute Gasteiger partial charge is 0.211 e. The molecule has 0 spiro atoms. The van der Waals surface area contributed by atoms with Gasteiger partial charge in [-0.25, -0.2) is 4.99 Å².